The number of hydrogen-bond donors (Lipinski definition) is 3. The maximum atomic E-state index is 15.8. The van der Waals surface area contributed by atoms with Crippen LogP contribution < -0.4 is 20.1 Å². The Bertz CT molecular complexity index is 3650. The number of rotatable bonds is 20. The summed E-state index contributed by atoms with van der Waals surface area (Å²) in [6.45, 7) is 20.6. The van der Waals surface area contributed by atoms with E-state index in [1.165, 1.54) is 29.3 Å². The van der Waals surface area contributed by atoms with E-state index in [9.17, 15) is 26.4 Å². The highest BCUT2D eigenvalue weighted by molar-refractivity contribution is 8.04. The summed E-state index contributed by atoms with van der Waals surface area (Å²) in [4.78, 5) is 24.4. The molecule has 1 aliphatic carbocycles. The fourth-order valence-corrected chi connectivity index (χ4v) is 12.8. The molecule has 0 radical (unpaired) electrons. The molecule has 0 bridgehead atoms. The minimum absolute atomic E-state index is 0.0666. The number of hydrogen-bond acceptors (Lipinski definition) is 12. The van der Waals surface area contributed by atoms with Gasteiger partial charge in [-0.05, 0) is 83.2 Å². The van der Waals surface area contributed by atoms with Crippen molar-refractivity contribution in [2.75, 3.05) is 30.8 Å². The van der Waals surface area contributed by atoms with Gasteiger partial charge in [-0.15, -0.1) is 15.9 Å². The van der Waals surface area contributed by atoms with Crippen LogP contribution in [0.5, 0.6) is 0 Å². The molecule has 2 aliphatic rings. The second-order valence-corrected chi connectivity index (χ2v) is 24.3. The van der Waals surface area contributed by atoms with Crippen molar-refractivity contribution in [2.45, 2.75) is 101 Å². The third kappa shape index (κ3) is 12.8. The lowest BCUT2D eigenvalue weighted by molar-refractivity contribution is -0.138. The molecule has 5 aromatic rings. The quantitative estimate of drug-likeness (QED) is 0.0126. The average Bonchev–Trinajstić information content (AvgIpc) is 3.39. The molecule has 1 amide bonds. The summed E-state index contributed by atoms with van der Waals surface area (Å²) in [7, 11) is -11.4. The van der Waals surface area contributed by atoms with Crippen LogP contribution in [0.3, 0.4) is 0 Å². The summed E-state index contributed by atoms with van der Waals surface area (Å²) in [5, 5.41) is 6.77. The molecule has 0 unspecified atom stereocenters. The van der Waals surface area contributed by atoms with Gasteiger partial charge in [0.1, 0.15) is 24.6 Å². The molecular weight excluding hydrogens is 1070 g/mol. The Hall–Kier alpha value is -7.00. The number of carbonyl (C=O) groups excluding carboxylic acids is 2. The maximum Gasteiger partial charge on any atom is 0.407 e. The normalized spacial score (nSPS) is 12.3. The number of halogens is 4. The Labute approximate surface area is 456 Å². The zero-order valence-electron chi connectivity index (χ0n) is 44.4. The first kappa shape index (κ1) is 58.7. The van der Waals surface area contributed by atoms with Crippen molar-refractivity contribution < 1.29 is 57.9 Å². The highest BCUT2D eigenvalue weighted by atomic mass is 32.3. The number of thioether (sulfide) groups is 1. The molecule has 20 heteroatoms. The number of nitrogens with one attached hydrogen (secondary N) is 3. The molecule has 0 spiro atoms. The van der Waals surface area contributed by atoms with Gasteiger partial charge in [-0.3, -0.25) is 0 Å². The van der Waals surface area contributed by atoms with Gasteiger partial charge in [-0.1, -0.05) is 117 Å². The van der Waals surface area contributed by atoms with Gasteiger partial charge in [0.25, 0.3) is 20.0 Å². The fraction of sp³-hybridized carbons (Fsp3) is 0.293. The second-order valence-electron chi connectivity index (χ2n) is 19.6. The van der Waals surface area contributed by atoms with Crippen LogP contribution in [0.25, 0.3) is 33.4 Å². The lowest BCUT2D eigenvalue weighted by Gasteiger charge is -2.22. The fourth-order valence-electron chi connectivity index (χ4n) is 8.77. The van der Waals surface area contributed by atoms with E-state index in [1.54, 1.807) is 36.4 Å². The molecule has 13 nitrogen and oxygen atoms in total. The smallest absolute Gasteiger partial charge is 0.407 e. The van der Waals surface area contributed by atoms with E-state index in [4.69, 9.17) is 18.9 Å². The van der Waals surface area contributed by atoms with Gasteiger partial charge in [0.05, 0.1) is 27.4 Å². The first-order valence-corrected chi connectivity index (χ1v) is 29.0. The molecule has 1 aliphatic heterocycles. The van der Waals surface area contributed by atoms with Gasteiger partial charge < -0.3 is 24.5 Å². The van der Waals surface area contributed by atoms with E-state index in [2.05, 4.69) is 84.7 Å². The zero-order valence-corrected chi connectivity index (χ0v) is 46.9. The largest absolute Gasteiger partial charge is 0.460 e. The average molecular weight is 1130 g/mol. The minimum Gasteiger partial charge on any atom is -0.460 e. The Morgan fingerprint density at radius 2 is 1.27 bits per heavy atom. The lowest BCUT2D eigenvalue weighted by atomic mass is 9.92. The van der Waals surface area contributed by atoms with Crippen LogP contribution in [0.4, 0.5) is 39.4 Å². The Balaban J connectivity index is 1.29. The van der Waals surface area contributed by atoms with E-state index in [0.717, 1.165) is 39.7 Å². The summed E-state index contributed by atoms with van der Waals surface area (Å²) >= 11 is 0.153. The lowest BCUT2D eigenvalue weighted by Crippen LogP contribution is -2.33. The zero-order chi connectivity index (χ0) is 57.0. The van der Waals surface area contributed by atoms with E-state index in [1.807, 2.05) is 24.3 Å². The number of carbonyl (C=O) groups is 2. The number of benzene rings is 6. The van der Waals surface area contributed by atoms with Crippen molar-refractivity contribution in [3.8, 4) is 22.5 Å². The molecule has 5 aromatic carbocycles. The highest BCUT2D eigenvalue weighted by Crippen LogP contribution is 2.45. The number of esters is 1. The molecule has 3 N–H and O–H groups in total. The third-order valence-corrected chi connectivity index (χ3v) is 17.2. The topological polar surface area (TPSA) is 182 Å². The molecular formula is C58H60F4N4O9S3. The summed E-state index contributed by atoms with van der Waals surface area (Å²) < 4.78 is 137. The van der Waals surface area contributed by atoms with Crippen LogP contribution in [0.2, 0.25) is 0 Å². The second kappa shape index (κ2) is 24.3. The number of alkyl carbamates (subject to hydrolysis) is 1. The standard InChI is InChI=1S/C58H60F4N4O9S3/c1-31(2)38-16-13-17-39(32(3)4)53(38)64-36-21-23-42-45(29-36)75-46-30-37(65-54-40(33(5)6)18-14-19-41(54)34(7)8)22-24-43(46)48(42)44-15-11-12-20-47(44)77(69,70)66-78(71,72)56-51(61)49(59)55(50(60)52(56)62)76-28-27-74-58(68)63-25-26-73-57(67)35(9)10/h11-24,29-34,64,66H,9,25-28H2,1-8,10H3,(H,63,68)/b65-37+. The Kier molecular flexibility index (Phi) is 18.3. The highest BCUT2D eigenvalue weighted by Gasteiger charge is 2.37. The van der Waals surface area contributed by atoms with Gasteiger partial charge >= 0.3 is 12.1 Å². The van der Waals surface area contributed by atoms with Crippen molar-refractivity contribution >= 4 is 71.9 Å². The van der Waals surface area contributed by atoms with Crippen molar-refractivity contribution in [2.24, 2.45) is 4.99 Å². The van der Waals surface area contributed by atoms with Gasteiger partial charge in [0.2, 0.25) is 0 Å². The number of sulfonamides is 2. The van der Waals surface area contributed by atoms with Gasteiger partial charge in [-0.2, -0.15) is 0 Å². The first-order chi connectivity index (χ1) is 36.8. The maximum absolute atomic E-state index is 15.8. The van der Waals surface area contributed by atoms with Crippen LogP contribution in [-0.2, 0) is 34.3 Å². The number of fused-ring (bicyclic) bond motifs is 2. The van der Waals surface area contributed by atoms with E-state index >= 15 is 17.6 Å². The van der Waals surface area contributed by atoms with Crippen LogP contribution in [0.15, 0.2) is 133 Å². The van der Waals surface area contributed by atoms with Crippen LogP contribution in [-0.4, -0.2) is 54.4 Å². The monoisotopic (exact) mass is 1130 g/mol. The van der Waals surface area contributed by atoms with Crippen molar-refractivity contribution in [3.05, 3.63) is 160 Å². The summed E-state index contributed by atoms with van der Waals surface area (Å²) in [6, 6.07) is 28.0. The molecule has 0 saturated heterocycles. The van der Waals surface area contributed by atoms with Gasteiger partial charge in [-0.25, -0.2) is 49.0 Å². The molecule has 0 fully saturated rings. The molecule has 412 valence electrons. The van der Waals surface area contributed by atoms with Crippen LogP contribution >= 0.6 is 11.8 Å². The molecule has 0 aromatic heterocycles. The number of amides is 1. The van der Waals surface area contributed by atoms with Gasteiger partial charge in [0.15, 0.2) is 28.2 Å². The van der Waals surface area contributed by atoms with E-state index in [-0.39, 0.29) is 76.6 Å². The molecule has 0 saturated carbocycles. The molecule has 7 rings (SSSR count). The molecule has 0 atom stereocenters. The van der Waals surface area contributed by atoms with E-state index in [0.29, 0.717) is 22.0 Å². The third-order valence-electron chi connectivity index (χ3n) is 12.6. The molecule has 1 heterocycles. The predicted octanol–water partition coefficient (Wildman–Crippen LogP) is 13.8. The predicted molar refractivity (Wildman–Crippen MR) is 296 cm³/mol. The minimum atomic E-state index is -5.97. The van der Waals surface area contributed by atoms with Gasteiger partial charge in [0, 0.05) is 56.9 Å². The van der Waals surface area contributed by atoms with Crippen molar-refractivity contribution in [1.82, 2.24) is 9.44 Å². The van der Waals surface area contributed by atoms with Crippen molar-refractivity contribution in [1.29, 1.82) is 0 Å². The SMILES string of the molecule is C=C(C)C(=O)OCCNC(=O)OCCSc1c(F)c(F)c(S(=O)(=O)NS(=O)(=O)c2ccccc2-c2c3cc/c(=N\c4c(C(C)C)cccc4C(C)C)cc-3oc3cc(Nc4c(C(C)C)cccc4C(C)C)ccc23)c(F)c1F. The first-order valence-electron chi connectivity index (χ1n) is 25.0. The Morgan fingerprint density at radius 3 is 1.86 bits per heavy atom. The number of nitrogens with zero attached hydrogens (tertiary/aromatic N) is 1. The summed E-state index contributed by atoms with van der Waals surface area (Å²) in [6.07, 6.45) is -1.02. The van der Waals surface area contributed by atoms with Crippen LogP contribution in [0.1, 0.15) is 108 Å². The number of ether oxygens (including phenoxy) is 2. The van der Waals surface area contributed by atoms with Crippen LogP contribution in [0, 0.1) is 23.3 Å². The number of anilines is 2. The Morgan fingerprint density at radius 1 is 0.679 bits per heavy atom. The van der Waals surface area contributed by atoms with E-state index < -0.39 is 82.4 Å². The van der Waals surface area contributed by atoms with Crippen molar-refractivity contribution in [3.63, 3.8) is 0 Å². The molecule has 78 heavy (non-hydrogen) atoms. The number of para-hydroxylation sites is 2. The summed E-state index contributed by atoms with van der Waals surface area (Å²) in [5.41, 5.74) is 7.57. The summed E-state index contributed by atoms with van der Waals surface area (Å²) in [5.74, 6) is -9.42.